The highest BCUT2D eigenvalue weighted by Gasteiger charge is 2.48. The number of anilines is 1. The predicted octanol–water partition coefficient (Wildman–Crippen LogP) is 0.591. The molecule has 2 amide bonds. The van der Waals surface area contributed by atoms with E-state index in [9.17, 15) is 18.0 Å². The van der Waals surface area contributed by atoms with E-state index in [0.717, 1.165) is 6.54 Å². The maximum atomic E-state index is 12.7. The maximum absolute atomic E-state index is 12.7. The molecule has 7 nitrogen and oxygen atoms in total. The van der Waals surface area contributed by atoms with E-state index in [2.05, 4.69) is 24.1 Å². The van der Waals surface area contributed by atoms with Crippen molar-refractivity contribution in [3.63, 3.8) is 0 Å². The number of carbonyl (C=O) groups excluding carboxylic acids is 2. The average Bonchev–Trinajstić information content (AvgIpc) is 2.90. The van der Waals surface area contributed by atoms with Crippen LogP contribution in [0.3, 0.4) is 0 Å². The molecule has 0 spiro atoms. The molecule has 142 valence electrons. The third kappa shape index (κ3) is 4.07. The lowest BCUT2D eigenvalue weighted by Crippen LogP contribution is -2.62. The number of amides is 2. The summed E-state index contributed by atoms with van der Waals surface area (Å²) in [5.41, 5.74) is 0.542. The highest BCUT2D eigenvalue weighted by Crippen LogP contribution is 2.28. The number of carbonyl (C=O) groups is 2. The summed E-state index contributed by atoms with van der Waals surface area (Å²) in [6, 6.07) is 8.07. The Bertz CT molecular complexity index is 779. The van der Waals surface area contributed by atoms with Gasteiger partial charge in [0.1, 0.15) is 0 Å². The molecule has 1 aromatic carbocycles. The number of hydrogen-bond donors (Lipinski definition) is 1. The summed E-state index contributed by atoms with van der Waals surface area (Å²) in [7, 11) is -3.22. The molecule has 26 heavy (non-hydrogen) atoms. The molecule has 2 saturated heterocycles. The van der Waals surface area contributed by atoms with Gasteiger partial charge in [-0.2, -0.15) is 0 Å². The summed E-state index contributed by atoms with van der Waals surface area (Å²) < 4.78 is 24.4. The fourth-order valence-corrected chi connectivity index (χ4v) is 5.82. The van der Waals surface area contributed by atoms with Crippen molar-refractivity contribution in [3.8, 4) is 0 Å². The average molecular weight is 379 g/mol. The smallest absolute Gasteiger partial charge is 0.313 e. The molecule has 1 aromatic rings. The number of nitrogens with zero attached hydrogens (tertiary/aromatic N) is 2. The molecule has 1 N–H and O–H groups in total. The van der Waals surface area contributed by atoms with Gasteiger partial charge in [-0.25, -0.2) is 8.42 Å². The number of benzene rings is 1. The molecule has 3 rings (SSSR count). The lowest BCUT2D eigenvalue weighted by Gasteiger charge is -2.44. The standard InChI is InChI=1S/C18H25N3O4S/c1-13(2)10-20-8-9-21(16-12-26(24,25)11-15(16)20)18(23)17(22)19-14-6-4-3-5-7-14/h3-7,13,15-16H,8-12H2,1-2H3,(H,19,22)/t15-,16+/m1/s1. The van der Waals surface area contributed by atoms with Crippen LogP contribution in [0, 0.1) is 5.92 Å². The summed E-state index contributed by atoms with van der Waals surface area (Å²) in [5.74, 6) is -1.00. The molecule has 0 unspecified atom stereocenters. The van der Waals surface area contributed by atoms with Crippen molar-refractivity contribution in [2.24, 2.45) is 5.92 Å². The third-order valence-electron chi connectivity index (χ3n) is 4.88. The molecule has 2 fully saturated rings. The van der Waals surface area contributed by atoms with Gasteiger partial charge in [0.05, 0.1) is 17.5 Å². The summed E-state index contributed by atoms with van der Waals surface area (Å²) >= 11 is 0. The van der Waals surface area contributed by atoms with Crippen LogP contribution in [0.15, 0.2) is 30.3 Å². The third-order valence-corrected chi connectivity index (χ3v) is 6.58. The van der Waals surface area contributed by atoms with Crippen LogP contribution in [0.2, 0.25) is 0 Å². The van der Waals surface area contributed by atoms with E-state index in [-0.39, 0.29) is 17.5 Å². The Hall–Kier alpha value is -1.93. The van der Waals surface area contributed by atoms with Crippen LogP contribution < -0.4 is 5.32 Å². The van der Waals surface area contributed by atoms with Crippen LogP contribution >= 0.6 is 0 Å². The Morgan fingerprint density at radius 1 is 1.12 bits per heavy atom. The van der Waals surface area contributed by atoms with Crippen LogP contribution in [0.4, 0.5) is 5.69 Å². The molecular formula is C18H25N3O4S. The van der Waals surface area contributed by atoms with Crippen molar-refractivity contribution in [2.75, 3.05) is 36.5 Å². The molecule has 2 atom stereocenters. The van der Waals surface area contributed by atoms with Gasteiger partial charge in [-0.05, 0) is 18.1 Å². The quantitative estimate of drug-likeness (QED) is 0.777. The van der Waals surface area contributed by atoms with Gasteiger partial charge in [-0.1, -0.05) is 32.0 Å². The number of sulfone groups is 1. The molecule has 2 aliphatic heterocycles. The Kier molecular flexibility index (Phi) is 5.34. The summed E-state index contributed by atoms with van der Waals surface area (Å²) in [6.07, 6.45) is 0. The van der Waals surface area contributed by atoms with Gasteiger partial charge in [0, 0.05) is 31.4 Å². The van der Waals surface area contributed by atoms with Crippen molar-refractivity contribution < 1.29 is 18.0 Å². The number of hydrogen-bond acceptors (Lipinski definition) is 5. The highest BCUT2D eigenvalue weighted by atomic mass is 32.2. The van der Waals surface area contributed by atoms with E-state index in [1.54, 1.807) is 24.3 Å². The topological polar surface area (TPSA) is 86.8 Å². The Morgan fingerprint density at radius 2 is 1.77 bits per heavy atom. The first-order valence-electron chi connectivity index (χ1n) is 8.88. The summed E-state index contributed by atoms with van der Waals surface area (Å²) in [4.78, 5) is 28.6. The van der Waals surface area contributed by atoms with E-state index >= 15 is 0 Å². The van der Waals surface area contributed by atoms with Crippen LogP contribution in [-0.4, -0.2) is 73.3 Å². The van der Waals surface area contributed by atoms with Gasteiger partial charge >= 0.3 is 11.8 Å². The second kappa shape index (κ2) is 7.36. The van der Waals surface area contributed by atoms with Gasteiger partial charge in [-0.15, -0.1) is 0 Å². The SMILES string of the molecule is CC(C)CN1CCN(C(=O)C(=O)Nc2ccccc2)[C@H]2CS(=O)(=O)C[C@H]21. The van der Waals surface area contributed by atoms with Crippen molar-refractivity contribution in [3.05, 3.63) is 30.3 Å². The fourth-order valence-electron chi connectivity index (χ4n) is 3.81. The molecule has 2 heterocycles. The minimum atomic E-state index is -3.22. The van der Waals surface area contributed by atoms with Crippen molar-refractivity contribution in [1.82, 2.24) is 9.80 Å². The molecular weight excluding hydrogens is 354 g/mol. The first-order chi connectivity index (χ1) is 12.3. The summed E-state index contributed by atoms with van der Waals surface area (Å²) in [5, 5.41) is 2.59. The number of rotatable bonds is 3. The van der Waals surface area contributed by atoms with Crippen LogP contribution in [0.5, 0.6) is 0 Å². The number of nitrogens with one attached hydrogen (secondary N) is 1. The zero-order chi connectivity index (χ0) is 18.9. The Balaban J connectivity index is 1.75. The first kappa shape index (κ1) is 18.8. The minimum Gasteiger partial charge on any atom is -0.328 e. The molecule has 0 saturated carbocycles. The van der Waals surface area contributed by atoms with Crippen LogP contribution in [0.25, 0.3) is 0 Å². The monoisotopic (exact) mass is 379 g/mol. The van der Waals surface area contributed by atoms with E-state index in [0.29, 0.717) is 24.7 Å². The number of fused-ring (bicyclic) bond motifs is 1. The van der Waals surface area contributed by atoms with Gasteiger partial charge in [0.2, 0.25) is 0 Å². The molecule has 0 radical (unpaired) electrons. The molecule has 0 aromatic heterocycles. The van der Waals surface area contributed by atoms with Crippen LogP contribution in [0.1, 0.15) is 13.8 Å². The van der Waals surface area contributed by atoms with Gasteiger partial charge in [0.15, 0.2) is 9.84 Å². The summed E-state index contributed by atoms with van der Waals surface area (Å²) in [6.45, 7) is 5.91. The van der Waals surface area contributed by atoms with E-state index < -0.39 is 27.7 Å². The zero-order valence-electron chi connectivity index (χ0n) is 15.1. The molecule has 0 aliphatic carbocycles. The lowest BCUT2D eigenvalue weighted by atomic mass is 10.0. The number of piperazine rings is 1. The van der Waals surface area contributed by atoms with Crippen LogP contribution in [-0.2, 0) is 19.4 Å². The first-order valence-corrected chi connectivity index (χ1v) is 10.7. The van der Waals surface area contributed by atoms with Crippen molar-refractivity contribution in [2.45, 2.75) is 25.9 Å². The van der Waals surface area contributed by atoms with E-state index in [1.807, 2.05) is 6.07 Å². The zero-order valence-corrected chi connectivity index (χ0v) is 15.9. The molecule has 8 heteroatoms. The van der Waals surface area contributed by atoms with Gasteiger partial charge in [0.25, 0.3) is 0 Å². The second-order valence-electron chi connectivity index (χ2n) is 7.42. The van der Waals surface area contributed by atoms with Crippen molar-refractivity contribution >= 4 is 27.3 Å². The number of para-hydroxylation sites is 1. The normalized spacial score (nSPS) is 25.1. The van der Waals surface area contributed by atoms with Gasteiger partial charge in [-0.3, -0.25) is 14.5 Å². The fraction of sp³-hybridized carbons (Fsp3) is 0.556. The largest absolute Gasteiger partial charge is 0.328 e. The molecule has 2 aliphatic rings. The van der Waals surface area contributed by atoms with E-state index in [1.165, 1.54) is 4.90 Å². The van der Waals surface area contributed by atoms with E-state index in [4.69, 9.17) is 0 Å². The highest BCUT2D eigenvalue weighted by molar-refractivity contribution is 7.91. The lowest BCUT2D eigenvalue weighted by molar-refractivity contribution is -0.147. The maximum Gasteiger partial charge on any atom is 0.313 e. The van der Waals surface area contributed by atoms with Crippen molar-refractivity contribution in [1.29, 1.82) is 0 Å². The van der Waals surface area contributed by atoms with Gasteiger partial charge < -0.3 is 10.2 Å². The Labute approximate surface area is 154 Å². The predicted molar refractivity (Wildman–Crippen MR) is 99.4 cm³/mol. The second-order valence-corrected chi connectivity index (χ2v) is 9.57. The molecule has 0 bridgehead atoms. The minimum absolute atomic E-state index is 0.0501. The Morgan fingerprint density at radius 3 is 2.42 bits per heavy atom.